The average Bonchev–Trinajstić information content (AvgIpc) is 3.20. The lowest BCUT2D eigenvalue weighted by Gasteiger charge is -2.02. The molecule has 0 N–H and O–H groups in total. The number of hydrogen-bond donors (Lipinski definition) is 0. The fourth-order valence-corrected chi connectivity index (χ4v) is 2.79. The molecule has 0 spiro atoms. The summed E-state index contributed by atoms with van der Waals surface area (Å²) >= 11 is 1.47. The molecule has 3 rings (SSSR count). The van der Waals surface area contributed by atoms with Crippen LogP contribution in [0.1, 0.15) is 16.3 Å². The quantitative estimate of drug-likeness (QED) is 0.525. The van der Waals surface area contributed by atoms with Gasteiger partial charge in [0.15, 0.2) is 11.0 Å². The van der Waals surface area contributed by atoms with Gasteiger partial charge in [0.2, 0.25) is 5.76 Å². The Morgan fingerprint density at radius 2 is 2.22 bits per heavy atom. The molecule has 0 aliphatic carbocycles. The lowest BCUT2D eigenvalue weighted by atomic mass is 10.3. The summed E-state index contributed by atoms with van der Waals surface area (Å²) < 4.78 is 11.9. The van der Waals surface area contributed by atoms with Crippen molar-refractivity contribution in [2.75, 3.05) is 7.11 Å². The summed E-state index contributed by atoms with van der Waals surface area (Å²) in [5.74, 6) is 1.66. The van der Waals surface area contributed by atoms with Gasteiger partial charge in [-0.2, -0.15) is 0 Å². The zero-order chi connectivity index (χ0) is 16.2. The van der Waals surface area contributed by atoms with Crippen LogP contribution in [-0.4, -0.2) is 32.8 Å². The fraction of sp³-hybridized carbons (Fsp3) is 0.200. The van der Waals surface area contributed by atoms with E-state index < -0.39 is 5.97 Å². The number of thioether (sulfide) groups is 1. The van der Waals surface area contributed by atoms with Gasteiger partial charge in [-0.1, -0.05) is 11.8 Å². The van der Waals surface area contributed by atoms with Gasteiger partial charge >= 0.3 is 5.97 Å². The highest BCUT2D eigenvalue weighted by Crippen LogP contribution is 2.25. The number of hydrogen-bond acceptors (Lipinski definition) is 7. The summed E-state index contributed by atoms with van der Waals surface area (Å²) in [6, 6.07) is 7.13. The molecule has 3 aromatic rings. The van der Waals surface area contributed by atoms with Crippen molar-refractivity contribution in [2.45, 2.75) is 10.9 Å². The first-order valence-electron chi connectivity index (χ1n) is 6.78. The molecule has 0 unspecified atom stereocenters. The molecule has 0 aromatic carbocycles. The van der Waals surface area contributed by atoms with Crippen molar-refractivity contribution < 1.29 is 13.9 Å². The van der Waals surface area contributed by atoms with Crippen LogP contribution in [-0.2, 0) is 17.5 Å². The minimum atomic E-state index is -0.487. The van der Waals surface area contributed by atoms with E-state index in [4.69, 9.17) is 4.42 Å². The molecule has 0 radical (unpaired) electrons. The highest BCUT2D eigenvalue weighted by atomic mass is 32.2. The third-order valence-corrected chi connectivity index (χ3v) is 4.19. The molecule has 3 heterocycles. The summed E-state index contributed by atoms with van der Waals surface area (Å²) in [6.45, 7) is 0. The van der Waals surface area contributed by atoms with Crippen LogP contribution in [0.2, 0.25) is 0 Å². The number of pyridine rings is 1. The molecular weight excluding hydrogens is 316 g/mol. The number of nitrogens with zero attached hydrogens (tertiary/aromatic N) is 4. The average molecular weight is 330 g/mol. The lowest BCUT2D eigenvalue weighted by Crippen LogP contribution is -1.98. The summed E-state index contributed by atoms with van der Waals surface area (Å²) in [5.41, 5.74) is 0.903. The predicted octanol–water partition coefficient (Wildman–Crippen LogP) is 2.55. The van der Waals surface area contributed by atoms with E-state index in [-0.39, 0.29) is 5.76 Å². The Bertz CT molecular complexity index is 813. The minimum Gasteiger partial charge on any atom is -0.463 e. The molecule has 0 saturated heterocycles. The SMILES string of the molecule is COC(=O)c1ccc(CSc2nnc(-c3cccnc3)n2C)o1. The zero-order valence-electron chi connectivity index (χ0n) is 12.6. The Labute approximate surface area is 136 Å². The summed E-state index contributed by atoms with van der Waals surface area (Å²) in [6.07, 6.45) is 3.46. The van der Waals surface area contributed by atoms with Crippen molar-refractivity contribution in [2.24, 2.45) is 7.05 Å². The molecular formula is C15H14N4O3S. The summed E-state index contributed by atoms with van der Waals surface area (Å²) in [5, 5.41) is 9.12. The number of carbonyl (C=O) groups is 1. The maximum Gasteiger partial charge on any atom is 0.373 e. The topological polar surface area (TPSA) is 83.0 Å². The van der Waals surface area contributed by atoms with Crippen molar-refractivity contribution >= 4 is 17.7 Å². The van der Waals surface area contributed by atoms with E-state index in [0.717, 1.165) is 16.5 Å². The van der Waals surface area contributed by atoms with Gasteiger partial charge < -0.3 is 13.7 Å². The van der Waals surface area contributed by atoms with Crippen molar-refractivity contribution in [3.8, 4) is 11.4 Å². The van der Waals surface area contributed by atoms with Crippen LogP contribution >= 0.6 is 11.8 Å². The first kappa shape index (κ1) is 15.3. The van der Waals surface area contributed by atoms with Crippen LogP contribution in [0.15, 0.2) is 46.2 Å². The molecule has 8 heteroatoms. The number of rotatable bonds is 5. The molecule has 0 fully saturated rings. The monoisotopic (exact) mass is 330 g/mol. The fourth-order valence-electron chi connectivity index (χ4n) is 1.99. The Hall–Kier alpha value is -2.61. The number of ether oxygens (including phenoxy) is 1. The third-order valence-electron chi connectivity index (χ3n) is 3.15. The van der Waals surface area contributed by atoms with E-state index in [0.29, 0.717) is 11.5 Å². The lowest BCUT2D eigenvalue weighted by molar-refractivity contribution is 0.0563. The Morgan fingerprint density at radius 3 is 2.96 bits per heavy atom. The molecule has 23 heavy (non-hydrogen) atoms. The minimum absolute atomic E-state index is 0.192. The Balaban J connectivity index is 1.71. The van der Waals surface area contributed by atoms with Crippen LogP contribution in [0.5, 0.6) is 0 Å². The second-order valence-corrected chi connectivity index (χ2v) is 5.60. The van der Waals surface area contributed by atoms with Gasteiger partial charge in [0, 0.05) is 25.0 Å². The van der Waals surface area contributed by atoms with E-state index >= 15 is 0 Å². The third kappa shape index (κ3) is 3.26. The number of carbonyl (C=O) groups excluding carboxylic acids is 1. The van der Waals surface area contributed by atoms with E-state index in [1.807, 2.05) is 23.7 Å². The number of furan rings is 1. The van der Waals surface area contributed by atoms with Crippen molar-refractivity contribution in [3.05, 3.63) is 48.2 Å². The first-order valence-corrected chi connectivity index (χ1v) is 7.77. The molecule has 3 aromatic heterocycles. The number of esters is 1. The highest BCUT2D eigenvalue weighted by Gasteiger charge is 2.14. The Kier molecular flexibility index (Phi) is 4.42. The molecule has 0 aliphatic heterocycles. The van der Waals surface area contributed by atoms with Crippen LogP contribution in [0, 0.1) is 0 Å². The molecule has 0 bridgehead atoms. The Morgan fingerprint density at radius 1 is 1.35 bits per heavy atom. The summed E-state index contributed by atoms with van der Waals surface area (Å²) in [7, 11) is 3.21. The van der Waals surface area contributed by atoms with Crippen LogP contribution in [0.25, 0.3) is 11.4 Å². The molecule has 0 saturated carbocycles. The standard InChI is InChI=1S/C15H14N4O3S/c1-19-13(10-4-3-7-16-8-10)17-18-15(19)23-9-11-5-6-12(22-11)14(20)21-2/h3-8H,9H2,1-2H3. The molecule has 0 aliphatic rings. The van der Waals surface area contributed by atoms with Gasteiger partial charge in [0.25, 0.3) is 0 Å². The van der Waals surface area contributed by atoms with Gasteiger partial charge in [0.05, 0.1) is 12.9 Å². The van der Waals surface area contributed by atoms with Gasteiger partial charge in [-0.3, -0.25) is 4.98 Å². The van der Waals surface area contributed by atoms with Crippen molar-refractivity contribution in [3.63, 3.8) is 0 Å². The van der Waals surface area contributed by atoms with Crippen molar-refractivity contribution in [1.29, 1.82) is 0 Å². The zero-order valence-corrected chi connectivity index (χ0v) is 13.4. The summed E-state index contributed by atoms with van der Waals surface area (Å²) in [4.78, 5) is 15.4. The predicted molar refractivity (Wildman–Crippen MR) is 83.8 cm³/mol. The van der Waals surface area contributed by atoms with Gasteiger partial charge in [-0.05, 0) is 24.3 Å². The largest absolute Gasteiger partial charge is 0.463 e. The number of aromatic nitrogens is 4. The van der Waals surface area contributed by atoms with E-state index in [2.05, 4.69) is 19.9 Å². The van der Waals surface area contributed by atoms with Crippen LogP contribution in [0.3, 0.4) is 0 Å². The van der Waals surface area contributed by atoms with E-state index in [1.54, 1.807) is 24.5 Å². The smallest absolute Gasteiger partial charge is 0.373 e. The van der Waals surface area contributed by atoms with Crippen molar-refractivity contribution in [1.82, 2.24) is 19.7 Å². The highest BCUT2D eigenvalue weighted by molar-refractivity contribution is 7.98. The maximum absolute atomic E-state index is 11.4. The molecule has 7 nitrogen and oxygen atoms in total. The normalized spacial score (nSPS) is 10.7. The van der Waals surface area contributed by atoms with E-state index in [9.17, 15) is 4.79 Å². The first-order chi connectivity index (χ1) is 11.2. The maximum atomic E-state index is 11.4. The number of methoxy groups -OCH3 is 1. The van der Waals surface area contributed by atoms with Gasteiger partial charge in [-0.25, -0.2) is 4.79 Å². The second-order valence-electron chi connectivity index (χ2n) is 4.65. The molecule has 118 valence electrons. The van der Waals surface area contributed by atoms with Gasteiger partial charge in [-0.15, -0.1) is 10.2 Å². The van der Waals surface area contributed by atoms with E-state index in [1.165, 1.54) is 18.9 Å². The molecule has 0 amide bonds. The second kappa shape index (κ2) is 6.66. The van der Waals surface area contributed by atoms with Crippen LogP contribution < -0.4 is 0 Å². The van der Waals surface area contributed by atoms with Crippen LogP contribution in [0.4, 0.5) is 0 Å². The van der Waals surface area contributed by atoms with Gasteiger partial charge in [0.1, 0.15) is 5.76 Å². The molecule has 0 atom stereocenters.